The van der Waals surface area contributed by atoms with Crippen molar-refractivity contribution in [2.45, 2.75) is 13.3 Å². The van der Waals surface area contributed by atoms with Crippen molar-refractivity contribution in [2.75, 3.05) is 50.4 Å². The van der Waals surface area contributed by atoms with E-state index >= 15 is 0 Å². The minimum absolute atomic E-state index is 0.0912. The molecule has 1 heterocycles. The first-order chi connectivity index (χ1) is 12.3. The van der Waals surface area contributed by atoms with Crippen LogP contribution >= 0.6 is 0 Å². The summed E-state index contributed by atoms with van der Waals surface area (Å²) in [6, 6.07) is 6.75. The maximum atomic E-state index is 12.3. The van der Waals surface area contributed by atoms with Gasteiger partial charge in [-0.1, -0.05) is 6.07 Å². The third-order valence-corrected chi connectivity index (χ3v) is 4.32. The number of rotatable bonds is 7. The van der Waals surface area contributed by atoms with E-state index in [0.717, 1.165) is 26.2 Å². The Morgan fingerprint density at radius 2 is 1.73 bits per heavy atom. The molecule has 26 heavy (non-hydrogen) atoms. The van der Waals surface area contributed by atoms with E-state index in [1.54, 1.807) is 24.3 Å². The Kier molecular flexibility index (Phi) is 7.11. The molecule has 8 nitrogen and oxygen atoms in total. The van der Waals surface area contributed by atoms with Gasteiger partial charge in [0.15, 0.2) is 0 Å². The summed E-state index contributed by atoms with van der Waals surface area (Å²) in [4.78, 5) is 39.2. The Morgan fingerprint density at radius 1 is 1.12 bits per heavy atom. The van der Waals surface area contributed by atoms with Crippen molar-refractivity contribution >= 4 is 29.2 Å². The van der Waals surface area contributed by atoms with Crippen LogP contribution in [0.1, 0.15) is 13.3 Å². The highest BCUT2D eigenvalue weighted by Gasteiger charge is 2.25. The SMILES string of the molecule is CC(=O)Nc1cccc(NC(=O)CC(CN2CCN(C)CC2)C(=O)O)c1. The average molecular weight is 362 g/mol. The van der Waals surface area contributed by atoms with Gasteiger partial charge in [-0.15, -0.1) is 0 Å². The molecule has 1 atom stereocenters. The molecule has 1 saturated heterocycles. The van der Waals surface area contributed by atoms with E-state index in [1.807, 2.05) is 7.05 Å². The number of amides is 2. The lowest BCUT2D eigenvalue weighted by Gasteiger charge is -2.33. The van der Waals surface area contributed by atoms with Gasteiger partial charge in [0.2, 0.25) is 11.8 Å². The number of aliphatic carboxylic acids is 1. The fourth-order valence-corrected chi connectivity index (χ4v) is 2.89. The van der Waals surface area contributed by atoms with Crippen LogP contribution in [0.15, 0.2) is 24.3 Å². The Bertz CT molecular complexity index is 656. The highest BCUT2D eigenvalue weighted by Crippen LogP contribution is 2.17. The van der Waals surface area contributed by atoms with Crippen LogP contribution in [0.5, 0.6) is 0 Å². The number of nitrogens with zero attached hydrogens (tertiary/aromatic N) is 2. The van der Waals surface area contributed by atoms with Gasteiger partial charge in [0.25, 0.3) is 0 Å². The molecule has 1 unspecified atom stereocenters. The highest BCUT2D eigenvalue weighted by atomic mass is 16.4. The number of carboxylic acids is 1. The molecule has 1 aliphatic heterocycles. The lowest BCUT2D eigenvalue weighted by atomic mass is 10.0. The van der Waals surface area contributed by atoms with Crippen molar-refractivity contribution in [3.8, 4) is 0 Å². The van der Waals surface area contributed by atoms with Gasteiger partial charge in [-0.25, -0.2) is 0 Å². The molecule has 8 heteroatoms. The van der Waals surface area contributed by atoms with Crippen LogP contribution in [-0.2, 0) is 14.4 Å². The van der Waals surface area contributed by atoms with Crippen molar-refractivity contribution in [1.29, 1.82) is 0 Å². The number of likely N-dealkylation sites (N-methyl/N-ethyl adjacent to an activating group) is 1. The van der Waals surface area contributed by atoms with E-state index in [4.69, 9.17) is 0 Å². The first kappa shape index (κ1) is 19.9. The predicted octanol–water partition coefficient (Wildman–Crippen LogP) is 0.922. The van der Waals surface area contributed by atoms with Crippen LogP contribution in [-0.4, -0.2) is 72.5 Å². The molecule has 1 aromatic carbocycles. The number of carbonyl (C=O) groups is 3. The smallest absolute Gasteiger partial charge is 0.308 e. The monoisotopic (exact) mass is 362 g/mol. The summed E-state index contributed by atoms with van der Waals surface area (Å²) in [5, 5.41) is 14.8. The van der Waals surface area contributed by atoms with Gasteiger partial charge in [-0.2, -0.15) is 0 Å². The topological polar surface area (TPSA) is 102 Å². The molecule has 142 valence electrons. The quantitative estimate of drug-likeness (QED) is 0.667. The number of nitrogens with one attached hydrogen (secondary N) is 2. The molecule has 0 saturated carbocycles. The molecular formula is C18H26N4O4. The van der Waals surface area contributed by atoms with Gasteiger partial charge < -0.3 is 20.6 Å². The second-order valence-electron chi connectivity index (χ2n) is 6.65. The molecule has 1 fully saturated rings. The van der Waals surface area contributed by atoms with Crippen LogP contribution in [0.4, 0.5) is 11.4 Å². The largest absolute Gasteiger partial charge is 0.481 e. The highest BCUT2D eigenvalue weighted by molar-refractivity contribution is 5.94. The summed E-state index contributed by atoms with van der Waals surface area (Å²) >= 11 is 0. The van der Waals surface area contributed by atoms with Crippen LogP contribution in [0, 0.1) is 5.92 Å². The Morgan fingerprint density at radius 3 is 2.31 bits per heavy atom. The van der Waals surface area contributed by atoms with Crippen molar-refractivity contribution in [3.05, 3.63) is 24.3 Å². The number of benzene rings is 1. The molecule has 0 bridgehead atoms. The zero-order valence-electron chi connectivity index (χ0n) is 15.2. The fraction of sp³-hybridized carbons (Fsp3) is 0.500. The summed E-state index contributed by atoms with van der Waals surface area (Å²) in [7, 11) is 2.04. The van der Waals surface area contributed by atoms with Crippen molar-refractivity contribution in [3.63, 3.8) is 0 Å². The fourth-order valence-electron chi connectivity index (χ4n) is 2.89. The number of carbonyl (C=O) groups excluding carboxylic acids is 2. The number of carboxylic acid groups (broad SMARTS) is 1. The molecule has 1 aromatic rings. The third kappa shape index (κ3) is 6.45. The second-order valence-corrected chi connectivity index (χ2v) is 6.65. The van der Waals surface area contributed by atoms with Crippen molar-refractivity contribution in [2.24, 2.45) is 5.92 Å². The number of hydrogen-bond donors (Lipinski definition) is 3. The molecule has 2 amide bonds. The number of anilines is 2. The van der Waals surface area contributed by atoms with E-state index in [9.17, 15) is 19.5 Å². The Balaban J connectivity index is 1.91. The molecule has 0 aromatic heterocycles. The van der Waals surface area contributed by atoms with Gasteiger partial charge in [0.05, 0.1) is 5.92 Å². The van der Waals surface area contributed by atoms with Gasteiger partial charge in [0, 0.05) is 57.4 Å². The molecule has 1 aliphatic rings. The maximum Gasteiger partial charge on any atom is 0.308 e. The van der Waals surface area contributed by atoms with E-state index in [-0.39, 0.29) is 18.2 Å². The van der Waals surface area contributed by atoms with Gasteiger partial charge in [-0.3, -0.25) is 19.3 Å². The van der Waals surface area contributed by atoms with Crippen molar-refractivity contribution in [1.82, 2.24) is 9.80 Å². The van der Waals surface area contributed by atoms with Gasteiger partial charge in [0.1, 0.15) is 0 Å². The molecule has 0 radical (unpaired) electrons. The average Bonchev–Trinajstić information content (AvgIpc) is 2.55. The van der Waals surface area contributed by atoms with Crippen molar-refractivity contribution < 1.29 is 19.5 Å². The predicted molar refractivity (Wildman–Crippen MR) is 99.1 cm³/mol. The second kappa shape index (κ2) is 9.30. The zero-order chi connectivity index (χ0) is 19.1. The van der Waals surface area contributed by atoms with E-state index < -0.39 is 11.9 Å². The van der Waals surface area contributed by atoms with Crippen LogP contribution in [0.3, 0.4) is 0 Å². The third-order valence-electron chi connectivity index (χ3n) is 4.32. The minimum atomic E-state index is -0.967. The Labute approximate surface area is 153 Å². The van der Waals surface area contributed by atoms with Crippen LogP contribution in [0.25, 0.3) is 0 Å². The molecule has 2 rings (SSSR count). The van der Waals surface area contributed by atoms with Crippen LogP contribution < -0.4 is 10.6 Å². The zero-order valence-corrected chi connectivity index (χ0v) is 15.2. The first-order valence-corrected chi connectivity index (χ1v) is 8.64. The summed E-state index contributed by atoms with van der Waals surface area (Å²) in [6.45, 7) is 5.17. The summed E-state index contributed by atoms with van der Waals surface area (Å²) in [6.07, 6.45) is -0.0912. The molecule has 3 N–H and O–H groups in total. The molecule has 0 aliphatic carbocycles. The summed E-state index contributed by atoms with van der Waals surface area (Å²) in [5.74, 6) is -2.28. The van der Waals surface area contributed by atoms with Crippen LogP contribution in [0.2, 0.25) is 0 Å². The maximum absolute atomic E-state index is 12.3. The lowest BCUT2D eigenvalue weighted by molar-refractivity contribution is -0.144. The molecule has 0 spiro atoms. The standard InChI is InChI=1S/C18H26N4O4/c1-13(23)19-15-4-3-5-16(11-15)20-17(24)10-14(18(25)26)12-22-8-6-21(2)7-9-22/h3-5,11,14H,6-10,12H2,1-2H3,(H,19,23)(H,20,24)(H,25,26). The summed E-state index contributed by atoms with van der Waals surface area (Å²) < 4.78 is 0. The van der Waals surface area contributed by atoms with E-state index in [0.29, 0.717) is 17.9 Å². The van der Waals surface area contributed by atoms with E-state index in [2.05, 4.69) is 20.4 Å². The van der Waals surface area contributed by atoms with Gasteiger partial charge >= 0.3 is 5.97 Å². The minimum Gasteiger partial charge on any atom is -0.481 e. The normalized spacial score (nSPS) is 16.7. The lowest BCUT2D eigenvalue weighted by Crippen LogP contribution is -2.47. The summed E-state index contributed by atoms with van der Waals surface area (Å²) in [5.41, 5.74) is 1.09. The number of hydrogen-bond acceptors (Lipinski definition) is 5. The first-order valence-electron chi connectivity index (χ1n) is 8.64. The van der Waals surface area contributed by atoms with E-state index in [1.165, 1.54) is 6.92 Å². The molecular weight excluding hydrogens is 336 g/mol. The Hall–Kier alpha value is -2.45. The van der Waals surface area contributed by atoms with Gasteiger partial charge in [-0.05, 0) is 25.2 Å². The number of piperazine rings is 1.